The van der Waals surface area contributed by atoms with Gasteiger partial charge in [0, 0.05) is 18.4 Å². The average molecular weight is 284 g/mol. The summed E-state index contributed by atoms with van der Waals surface area (Å²) in [7, 11) is 0. The summed E-state index contributed by atoms with van der Waals surface area (Å²) in [5, 5.41) is 3.37. The van der Waals surface area contributed by atoms with E-state index in [1.54, 1.807) is 0 Å². The third-order valence-corrected chi connectivity index (χ3v) is 3.31. The van der Waals surface area contributed by atoms with E-state index in [1.165, 1.54) is 5.56 Å². The summed E-state index contributed by atoms with van der Waals surface area (Å²) in [6, 6.07) is 12.2. The molecule has 0 aliphatic carbocycles. The van der Waals surface area contributed by atoms with E-state index in [9.17, 15) is 0 Å². The number of rotatable bonds is 7. The summed E-state index contributed by atoms with van der Waals surface area (Å²) >= 11 is 0. The predicted octanol–water partition coefficient (Wildman–Crippen LogP) is 4.61. The molecule has 0 saturated heterocycles. The highest BCUT2D eigenvalue weighted by Crippen LogP contribution is 2.26. The van der Waals surface area contributed by atoms with Crippen LogP contribution in [0.2, 0.25) is 0 Å². The van der Waals surface area contributed by atoms with Gasteiger partial charge in [-0.1, -0.05) is 39.0 Å². The maximum atomic E-state index is 5.95. The number of hydrogen-bond acceptors (Lipinski definition) is 3. The van der Waals surface area contributed by atoms with Crippen LogP contribution >= 0.6 is 0 Å². The number of anilines is 1. The summed E-state index contributed by atoms with van der Waals surface area (Å²) in [4.78, 5) is 4.37. The second-order valence-electron chi connectivity index (χ2n) is 5.44. The molecular formula is C18H24N2O. The van der Waals surface area contributed by atoms with Crippen LogP contribution in [0.3, 0.4) is 0 Å². The molecular weight excluding hydrogens is 260 g/mol. The van der Waals surface area contributed by atoms with Crippen molar-refractivity contribution in [3.8, 4) is 5.75 Å². The fourth-order valence-corrected chi connectivity index (χ4v) is 2.18. The van der Waals surface area contributed by atoms with E-state index in [1.807, 2.05) is 30.5 Å². The van der Waals surface area contributed by atoms with Crippen molar-refractivity contribution in [2.24, 2.45) is 0 Å². The van der Waals surface area contributed by atoms with Gasteiger partial charge in [0.25, 0.3) is 0 Å². The number of aromatic nitrogens is 1. The molecule has 112 valence electrons. The quantitative estimate of drug-likeness (QED) is 0.806. The van der Waals surface area contributed by atoms with Gasteiger partial charge in [0.1, 0.15) is 12.4 Å². The normalized spacial score (nSPS) is 10.7. The Morgan fingerprint density at radius 3 is 2.76 bits per heavy atom. The number of pyridine rings is 1. The Morgan fingerprint density at radius 2 is 2.00 bits per heavy atom. The van der Waals surface area contributed by atoms with Crippen molar-refractivity contribution < 1.29 is 4.74 Å². The van der Waals surface area contributed by atoms with E-state index < -0.39 is 0 Å². The smallest absolute Gasteiger partial charge is 0.130 e. The van der Waals surface area contributed by atoms with Crippen LogP contribution in [0.1, 0.15) is 44.4 Å². The van der Waals surface area contributed by atoms with Gasteiger partial charge in [0.2, 0.25) is 0 Å². The van der Waals surface area contributed by atoms with Gasteiger partial charge in [-0.2, -0.15) is 0 Å². The van der Waals surface area contributed by atoms with Crippen molar-refractivity contribution in [1.29, 1.82) is 0 Å². The highest BCUT2D eigenvalue weighted by molar-refractivity contribution is 5.43. The lowest BCUT2D eigenvalue weighted by molar-refractivity contribution is 0.297. The zero-order valence-electron chi connectivity index (χ0n) is 13.1. The van der Waals surface area contributed by atoms with Crippen LogP contribution in [0.25, 0.3) is 0 Å². The SMILES string of the molecule is CCCNc1ccnc(COc2ccccc2C(C)C)c1. The summed E-state index contributed by atoms with van der Waals surface area (Å²) < 4.78 is 5.95. The van der Waals surface area contributed by atoms with E-state index in [-0.39, 0.29) is 0 Å². The zero-order valence-corrected chi connectivity index (χ0v) is 13.1. The fraction of sp³-hybridized carbons (Fsp3) is 0.389. The van der Waals surface area contributed by atoms with Crippen LogP contribution in [-0.2, 0) is 6.61 Å². The molecule has 0 bridgehead atoms. The van der Waals surface area contributed by atoms with Crippen LogP contribution in [0.4, 0.5) is 5.69 Å². The van der Waals surface area contributed by atoms with E-state index in [0.717, 1.165) is 30.1 Å². The van der Waals surface area contributed by atoms with Gasteiger partial charge < -0.3 is 10.1 Å². The molecule has 1 aromatic heterocycles. The van der Waals surface area contributed by atoms with Crippen LogP contribution < -0.4 is 10.1 Å². The molecule has 0 aliphatic rings. The van der Waals surface area contributed by atoms with Crippen LogP contribution in [0.15, 0.2) is 42.6 Å². The maximum Gasteiger partial charge on any atom is 0.130 e. The third-order valence-electron chi connectivity index (χ3n) is 3.31. The van der Waals surface area contributed by atoms with Gasteiger partial charge >= 0.3 is 0 Å². The summed E-state index contributed by atoms with van der Waals surface area (Å²) in [5.74, 6) is 1.40. The lowest BCUT2D eigenvalue weighted by Crippen LogP contribution is -2.04. The zero-order chi connectivity index (χ0) is 15.1. The molecule has 1 heterocycles. The molecule has 2 rings (SSSR count). The first-order chi connectivity index (χ1) is 10.2. The van der Waals surface area contributed by atoms with Gasteiger partial charge in [0.15, 0.2) is 0 Å². The molecule has 0 amide bonds. The van der Waals surface area contributed by atoms with Crippen LogP contribution in [0.5, 0.6) is 5.75 Å². The number of hydrogen-bond donors (Lipinski definition) is 1. The molecule has 0 fully saturated rings. The van der Waals surface area contributed by atoms with E-state index in [4.69, 9.17) is 4.74 Å². The second kappa shape index (κ2) is 7.67. The van der Waals surface area contributed by atoms with Gasteiger partial charge in [-0.25, -0.2) is 0 Å². The molecule has 0 aliphatic heterocycles. The van der Waals surface area contributed by atoms with Crippen LogP contribution in [-0.4, -0.2) is 11.5 Å². The number of nitrogens with zero attached hydrogens (tertiary/aromatic N) is 1. The molecule has 0 unspecified atom stereocenters. The number of nitrogens with one attached hydrogen (secondary N) is 1. The summed E-state index contributed by atoms with van der Waals surface area (Å²) in [5.41, 5.74) is 3.27. The lowest BCUT2D eigenvalue weighted by atomic mass is 10.0. The van der Waals surface area contributed by atoms with Crippen molar-refractivity contribution >= 4 is 5.69 Å². The Bertz CT molecular complexity index is 567. The molecule has 1 N–H and O–H groups in total. The molecule has 0 spiro atoms. The molecule has 0 atom stereocenters. The average Bonchev–Trinajstić information content (AvgIpc) is 2.51. The maximum absolute atomic E-state index is 5.95. The fourth-order valence-electron chi connectivity index (χ4n) is 2.18. The van der Waals surface area contributed by atoms with E-state index in [2.05, 4.69) is 43.2 Å². The molecule has 0 saturated carbocycles. The minimum absolute atomic E-state index is 0.451. The van der Waals surface area contributed by atoms with E-state index in [0.29, 0.717) is 12.5 Å². The molecule has 1 aromatic carbocycles. The molecule has 2 aromatic rings. The summed E-state index contributed by atoms with van der Waals surface area (Å²) in [6.07, 6.45) is 2.93. The topological polar surface area (TPSA) is 34.2 Å². The molecule has 3 nitrogen and oxygen atoms in total. The first kappa shape index (κ1) is 15.4. The van der Waals surface area contributed by atoms with Gasteiger partial charge in [-0.3, -0.25) is 4.98 Å². The summed E-state index contributed by atoms with van der Waals surface area (Å²) in [6.45, 7) is 7.97. The standard InChI is InChI=1S/C18H24N2O/c1-4-10-19-15-9-11-20-16(12-15)13-21-18-8-6-5-7-17(18)14(2)3/h5-9,11-12,14H,4,10,13H2,1-3H3,(H,19,20). The number of para-hydroxylation sites is 1. The second-order valence-corrected chi connectivity index (χ2v) is 5.44. The Morgan fingerprint density at radius 1 is 1.19 bits per heavy atom. The predicted molar refractivity (Wildman–Crippen MR) is 87.9 cm³/mol. The van der Waals surface area contributed by atoms with Crippen LogP contribution in [0, 0.1) is 0 Å². The van der Waals surface area contributed by atoms with Crippen molar-refractivity contribution in [1.82, 2.24) is 4.98 Å². The molecule has 0 radical (unpaired) electrons. The number of benzene rings is 1. The largest absolute Gasteiger partial charge is 0.487 e. The first-order valence-electron chi connectivity index (χ1n) is 7.61. The highest BCUT2D eigenvalue weighted by atomic mass is 16.5. The van der Waals surface area contributed by atoms with Crippen molar-refractivity contribution in [2.75, 3.05) is 11.9 Å². The van der Waals surface area contributed by atoms with E-state index >= 15 is 0 Å². The van der Waals surface area contributed by atoms with Gasteiger partial charge in [0.05, 0.1) is 5.69 Å². The Labute approximate surface area is 127 Å². The third kappa shape index (κ3) is 4.48. The van der Waals surface area contributed by atoms with Gasteiger partial charge in [-0.05, 0) is 36.1 Å². The Kier molecular flexibility index (Phi) is 5.61. The molecule has 21 heavy (non-hydrogen) atoms. The minimum atomic E-state index is 0.451. The van der Waals surface area contributed by atoms with Gasteiger partial charge in [-0.15, -0.1) is 0 Å². The highest BCUT2D eigenvalue weighted by Gasteiger charge is 2.07. The Hall–Kier alpha value is -2.03. The Balaban J connectivity index is 2.03. The number of ether oxygens (including phenoxy) is 1. The minimum Gasteiger partial charge on any atom is -0.487 e. The lowest BCUT2D eigenvalue weighted by Gasteiger charge is -2.14. The van der Waals surface area contributed by atoms with Crippen molar-refractivity contribution in [3.63, 3.8) is 0 Å². The monoisotopic (exact) mass is 284 g/mol. The first-order valence-corrected chi connectivity index (χ1v) is 7.61. The molecule has 3 heteroatoms. The van der Waals surface area contributed by atoms with Crippen molar-refractivity contribution in [2.45, 2.75) is 39.7 Å². The van der Waals surface area contributed by atoms with Crippen molar-refractivity contribution in [3.05, 3.63) is 53.9 Å².